The lowest BCUT2D eigenvalue weighted by Crippen LogP contribution is -2.57. The summed E-state index contributed by atoms with van der Waals surface area (Å²) in [7, 11) is 2.83. The van der Waals surface area contributed by atoms with Crippen LogP contribution in [0.15, 0.2) is 23.2 Å². The molecule has 2 rings (SSSR count). The first kappa shape index (κ1) is 20.1. The average Bonchev–Trinajstić information content (AvgIpc) is 2.64. The number of rotatable bonds is 6. The second-order valence-electron chi connectivity index (χ2n) is 5.65. The molecule has 0 amide bonds. The van der Waals surface area contributed by atoms with Crippen LogP contribution >= 0.6 is 0 Å². The second kappa shape index (κ2) is 8.97. The molecular weight excluding hydrogens is 346 g/mol. The predicted molar refractivity (Wildman–Crippen MR) is 92.5 cm³/mol. The number of phenolic OH excluding ortho intramolecular Hbond substituents is 1. The molecule has 1 saturated heterocycles. The highest BCUT2D eigenvalue weighted by atomic mass is 16.6. The highest BCUT2D eigenvalue weighted by Crippen LogP contribution is 2.37. The molecule has 0 aromatic heterocycles. The van der Waals surface area contributed by atoms with Gasteiger partial charge in [-0.2, -0.15) is 0 Å². The molecule has 1 aromatic carbocycles. The van der Waals surface area contributed by atoms with Crippen molar-refractivity contribution in [1.82, 2.24) is 0 Å². The Labute approximate surface area is 150 Å². The summed E-state index contributed by atoms with van der Waals surface area (Å²) < 4.78 is 15.1. The normalized spacial score (nSPS) is 29.4. The maximum absolute atomic E-state index is 9.99. The van der Waals surface area contributed by atoms with Crippen LogP contribution in [0.3, 0.4) is 0 Å². The molecule has 144 valence electrons. The fourth-order valence-corrected chi connectivity index (χ4v) is 2.56. The summed E-state index contributed by atoms with van der Waals surface area (Å²) in [5.41, 5.74) is 0.657. The molecular formula is C17H23NO8. The van der Waals surface area contributed by atoms with Crippen LogP contribution in [0.2, 0.25) is 0 Å². The molecule has 26 heavy (non-hydrogen) atoms. The number of nitrogens with zero attached hydrogens (tertiary/aromatic N) is 1. The molecule has 1 fully saturated rings. The zero-order valence-electron chi connectivity index (χ0n) is 14.4. The van der Waals surface area contributed by atoms with Crippen molar-refractivity contribution < 1.29 is 39.7 Å². The maximum atomic E-state index is 9.99. The SMILES string of the molecule is COc1cc(/C=C/C=N\C2C(O)OC(CO)C(O)C2O)cc(OC)c1O. The van der Waals surface area contributed by atoms with Crippen molar-refractivity contribution in [3.8, 4) is 17.2 Å². The maximum Gasteiger partial charge on any atom is 0.200 e. The van der Waals surface area contributed by atoms with E-state index in [2.05, 4.69) is 4.99 Å². The van der Waals surface area contributed by atoms with E-state index in [-0.39, 0.29) is 17.2 Å². The molecule has 0 saturated carbocycles. The van der Waals surface area contributed by atoms with Gasteiger partial charge in [-0.25, -0.2) is 0 Å². The van der Waals surface area contributed by atoms with Crippen LogP contribution in [0, 0.1) is 0 Å². The third-order valence-corrected chi connectivity index (χ3v) is 4.00. The number of hydrogen-bond donors (Lipinski definition) is 5. The Morgan fingerprint density at radius 3 is 2.27 bits per heavy atom. The molecule has 1 aromatic rings. The summed E-state index contributed by atoms with van der Waals surface area (Å²) in [5.74, 6) is 0.370. The predicted octanol–water partition coefficient (Wildman–Crippen LogP) is -0.707. The number of aliphatic imine (C=N–C) groups is 1. The van der Waals surface area contributed by atoms with Gasteiger partial charge in [0.15, 0.2) is 17.8 Å². The number of benzene rings is 1. The number of aliphatic hydroxyl groups is 4. The first-order valence-electron chi connectivity index (χ1n) is 7.88. The fraction of sp³-hybridized carbons (Fsp3) is 0.471. The van der Waals surface area contributed by atoms with Crippen molar-refractivity contribution in [2.24, 2.45) is 4.99 Å². The van der Waals surface area contributed by atoms with Crippen molar-refractivity contribution in [3.05, 3.63) is 23.8 Å². The summed E-state index contributed by atoms with van der Waals surface area (Å²) in [6.45, 7) is -0.532. The number of aliphatic hydroxyl groups excluding tert-OH is 4. The first-order valence-corrected chi connectivity index (χ1v) is 7.88. The largest absolute Gasteiger partial charge is 0.502 e. The van der Waals surface area contributed by atoms with E-state index in [1.165, 1.54) is 26.5 Å². The van der Waals surface area contributed by atoms with Crippen LogP contribution in [0.4, 0.5) is 0 Å². The molecule has 5 unspecified atom stereocenters. The Balaban J connectivity index is 2.10. The highest BCUT2D eigenvalue weighted by Gasteiger charge is 2.43. The summed E-state index contributed by atoms with van der Waals surface area (Å²) in [5, 5.41) is 48.5. The van der Waals surface area contributed by atoms with Crippen molar-refractivity contribution >= 4 is 12.3 Å². The van der Waals surface area contributed by atoms with E-state index >= 15 is 0 Å². The van der Waals surface area contributed by atoms with E-state index in [1.807, 2.05) is 0 Å². The third kappa shape index (κ3) is 4.32. The summed E-state index contributed by atoms with van der Waals surface area (Å²) in [6, 6.07) is 2.08. The number of aromatic hydroxyl groups is 1. The van der Waals surface area contributed by atoms with Gasteiger partial charge in [0.05, 0.1) is 20.8 Å². The molecule has 1 heterocycles. The standard InChI is InChI=1S/C17H23NO8/c1-24-10-6-9(7-11(25-2)14(10)20)4-3-5-18-13-16(22)15(21)12(8-19)26-17(13)23/h3-7,12-13,15-17,19-23H,8H2,1-2H3/b4-3+,18-5-. The van der Waals surface area contributed by atoms with E-state index < -0.39 is 37.3 Å². The van der Waals surface area contributed by atoms with Gasteiger partial charge in [-0.15, -0.1) is 0 Å². The molecule has 0 spiro atoms. The van der Waals surface area contributed by atoms with Crippen molar-refractivity contribution in [2.45, 2.75) is 30.6 Å². The van der Waals surface area contributed by atoms with Crippen molar-refractivity contribution in [3.63, 3.8) is 0 Å². The Morgan fingerprint density at radius 2 is 1.73 bits per heavy atom. The van der Waals surface area contributed by atoms with E-state index in [0.717, 1.165) is 0 Å². The van der Waals surface area contributed by atoms with Crippen LogP contribution in [0.1, 0.15) is 5.56 Å². The number of allylic oxidation sites excluding steroid dienone is 1. The molecule has 1 aliphatic rings. The third-order valence-electron chi connectivity index (χ3n) is 4.00. The first-order chi connectivity index (χ1) is 12.4. The molecule has 0 aliphatic carbocycles. The van der Waals surface area contributed by atoms with Gasteiger partial charge in [-0.05, 0) is 23.8 Å². The van der Waals surface area contributed by atoms with E-state index in [1.54, 1.807) is 18.2 Å². The molecule has 1 aliphatic heterocycles. The van der Waals surface area contributed by atoms with E-state index in [9.17, 15) is 20.4 Å². The molecule has 9 heteroatoms. The molecule has 5 atom stereocenters. The van der Waals surface area contributed by atoms with Gasteiger partial charge in [0.2, 0.25) is 5.75 Å². The van der Waals surface area contributed by atoms with Gasteiger partial charge in [-0.3, -0.25) is 4.99 Å². The average molecular weight is 369 g/mol. The highest BCUT2D eigenvalue weighted by molar-refractivity contribution is 5.79. The number of methoxy groups -OCH3 is 2. The van der Waals surface area contributed by atoms with Crippen LogP contribution in [0.5, 0.6) is 17.2 Å². The molecule has 9 nitrogen and oxygen atoms in total. The van der Waals surface area contributed by atoms with Crippen LogP contribution in [0.25, 0.3) is 6.08 Å². The zero-order chi connectivity index (χ0) is 19.3. The summed E-state index contributed by atoms with van der Waals surface area (Å²) >= 11 is 0. The number of phenols is 1. The zero-order valence-corrected chi connectivity index (χ0v) is 14.4. The second-order valence-corrected chi connectivity index (χ2v) is 5.65. The van der Waals surface area contributed by atoms with Crippen LogP contribution in [-0.4, -0.2) is 83.2 Å². The summed E-state index contributed by atoms with van der Waals surface area (Å²) in [4.78, 5) is 3.99. The molecule has 0 radical (unpaired) electrons. The molecule has 5 N–H and O–H groups in total. The van der Waals surface area contributed by atoms with Gasteiger partial charge in [-0.1, -0.05) is 6.08 Å². The number of ether oxygens (including phenoxy) is 3. The van der Waals surface area contributed by atoms with Crippen molar-refractivity contribution in [2.75, 3.05) is 20.8 Å². The van der Waals surface area contributed by atoms with E-state index in [4.69, 9.17) is 19.3 Å². The minimum atomic E-state index is -1.45. The van der Waals surface area contributed by atoms with Gasteiger partial charge in [0, 0.05) is 6.21 Å². The Bertz CT molecular complexity index is 637. The molecule has 0 bridgehead atoms. The monoisotopic (exact) mass is 369 g/mol. The van der Waals surface area contributed by atoms with Crippen LogP contribution in [-0.2, 0) is 4.74 Å². The minimum absolute atomic E-state index is 0.112. The lowest BCUT2D eigenvalue weighted by molar-refractivity contribution is -0.248. The lowest BCUT2D eigenvalue weighted by atomic mass is 9.97. The summed E-state index contributed by atoms with van der Waals surface area (Å²) in [6.07, 6.45) is -0.755. The Kier molecular flexibility index (Phi) is 6.95. The van der Waals surface area contributed by atoms with Gasteiger partial charge in [0.1, 0.15) is 24.4 Å². The quantitative estimate of drug-likeness (QED) is 0.414. The van der Waals surface area contributed by atoms with Crippen LogP contribution < -0.4 is 9.47 Å². The topological polar surface area (TPSA) is 141 Å². The fourth-order valence-electron chi connectivity index (χ4n) is 2.56. The Hall–Kier alpha value is -2.17. The smallest absolute Gasteiger partial charge is 0.200 e. The number of hydrogen-bond acceptors (Lipinski definition) is 9. The van der Waals surface area contributed by atoms with Gasteiger partial charge >= 0.3 is 0 Å². The van der Waals surface area contributed by atoms with Crippen molar-refractivity contribution in [1.29, 1.82) is 0 Å². The Morgan fingerprint density at radius 1 is 1.12 bits per heavy atom. The van der Waals surface area contributed by atoms with E-state index in [0.29, 0.717) is 5.56 Å². The van der Waals surface area contributed by atoms with Gasteiger partial charge < -0.3 is 39.7 Å². The lowest BCUT2D eigenvalue weighted by Gasteiger charge is -2.38. The van der Waals surface area contributed by atoms with Gasteiger partial charge in [0.25, 0.3) is 0 Å². The minimum Gasteiger partial charge on any atom is -0.502 e.